The fourth-order valence-electron chi connectivity index (χ4n) is 2.87. The van der Waals surface area contributed by atoms with E-state index in [9.17, 15) is 9.18 Å². The Morgan fingerprint density at radius 3 is 2.56 bits per heavy atom. The minimum atomic E-state index is -0.643. The van der Waals surface area contributed by atoms with Gasteiger partial charge in [-0.05, 0) is 53.6 Å². The Balaban J connectivity index is 1.83. The molecule has 0 bridgehead atoms. The highest BCUT2D eigenvalue weighted by atomic mass is 79.9. The SMILES string of the molecule is Cc1nnnn1C(Cc1ccc(F)cc1)C(=O)NC(C)c1ccccc1Br. The maximum absolute atomic E-state index is 13.2. The van der Waals surface area contributed by atoms with Gasteiger partial charge >= 0.3 is 0 Å². The van der Waals surface area contributed by atoms with Crippen LogP contribution in [0.4, 0.5) is 4.39 Å². The zero-order chi connectivity index (χ0) is 19.4. The molecule has 1 aromatic heterocycles. The maximum atomic E-state index is 13.2. The molecular formula is C19H19BrFN5O. The minimum absolute atomic E-state index is 0.208. The second-order valence-corrected chi connectivity index (χ2v) is 7.12. The van der Waals surface area contributed by atoms with Crippen LogP contribution in [0.2, 0.25) is 0 Å². The number of hydrogen-bond donors (Lipinski definition) is 1. The van der Waals surface area contributed by atoms with Crippen molar-refractivity contribution in [2.75, 3.05) is 0 Å². The lowest BCUT2D eigenvalue weighted by Gasteiger charge is -2.21. The summed E-state index contributed by atoms with van der Waals surface area (Å²) in [4.78, 5) is 13.0. The van der Waals surface area contributed by atoms with E-state index in [-0.39, 0.29) is 17.8 Å². The first-order chi connectivity index (χ1) is 13.0. The number of halogens is 2. The molecular weight excluding hydrogens is 413 g/mol. The van der Waals surface area contributed by atoms with Gasteiger partial charge < -0.3 is 5.32 Å². The molecule has 0 radical (unpaired) electrons. The van der Waals surface area contributed by atoms with Crippen LogP contribution in [0.25, 0.3) is 0 Å². The van der Waals surface area contributed by atoms with Gasteiger partial charge in [-0.15, -0.1) is 5.10 Å². The summed E-state index contributed by atoms with van der Waals surface area (Å²) in [7, 11) is 0. The van der Waals surface area contributed by atoms with Crippen molar-refractivity contribution in [1.29, 1.82) is 0 Å². The molecule has 0 saturated heterocycles. The lowest BCUT2D eigenvalue weighted by atomic mass is 10.0. The summed E-state index contributed by atoms with van der Waals surface area (Å²) in [5.41, 5.74) is 1.79. The van der Waals surface area contributed by atoms with Gasteiger partial charge in [0.05, 0.1) is 6.04 Å². The van der Waals surface area contributed by atoms with Crippen molar-refractivity contribution in [2.24, 2.45) is 0 Å². The summed E-state index contributed by atoms with van der Waals surface area (Å²) >= 11 is 3.51. The van der Waals surface area contributed by atoms with E-state index >= 15 is 0 Å². The van der Waals surface area contributed by atoms with Crippen LogP contribution in [0.5, 0.6) is 0 Å². The Morgan fingerprint density at radius 1 is 1.22 bits per heavy atom. The fourth-order valence-corrected chi connectivity index (χ4v) is 3.50. The number of nitrogens with one attached hydrogen (secondary N) is 1. The van der Waals surface area contributed by atoms with Crippen LogP contribution in [0.15, 0.2) is 53.0 Å². The smallest absolute Gasteiger partial charge is 0.245 e. The molecule has 3 rings (SSSR count). The highest BCUT2D eigenvalue weighted by Gasteiger charge is 2.26. The Morgan fingerprint density at radius 2 is 1.93 bits per heavy atom. The van der Waals surface area contributed by atoms with Crippen LogP contribution in [-0.2, 0) is 11.2 Å². The molecule has 1 heterocycles. The Hall–Kier alpha value is -2.61. The molecule has 0 saturated carbocycles. The molecule has 8 heteroatoms. The zero-order valence-electron chi connectivity index (χ0n) is 14.9. The largest absolute Gasteiger partial charge is 0.348 e. The van der Waals surface area contributed by atoms with Crippen molar-refractivity contribution in [2.45, 2.75) is 32.4 Å². The van der Waals surface area contributed by atoms with Crippen LogP contribution in [0.1, 0.15) is 36.0 Å². The van der Waals surface area contributed by atoms with Crippen molar-refractivity contribution < 1.29 is 9.18 Å². The quantitative estimate of drug-likeness (QED) is 0.647. The van der Waals surface area contributed by atoms with Gasteiger partial charge in [0.1, 0.15) is 17.7 Å². The standard InChI is InChI=1S/C19H19BrFN5O/c1-12(16-5-3-4-6-17(16)20)22-19(27)18(26-13(2)23-24-25-26)11-14-7-9-15(21)10-8-14/h3-10,12,18H,11H2,1-2H3,(H,22,27). The van der Waals surface area contributed by atoms with E-state index in [1.807, 2.05) is 31.2 Å². The molecule has 6 nitrogen and oxygen atoms in total. The summed E-state index contributed by atoms with van der Waals surface area (Å²) in [5, 5.41) is 14.5. The number of rotatable bonds is 6. The van der Waals surface area contributed by atoms with Crippen LogP contribution < -0.4 is 5.32 Å². The second-order valence-electron chi connectivity index (χ2n) is 6.27. The number of amides is 1. The van der Waals surface area contributed by atoms with E-state index in [2.05, 4.69) is 36.8 Å². The molecule has 0 aliphatic carbocycles. The molecule has 3 aromatic rings. The summed E-state index contributed by atoms with van der Waals surface area (Å²) in [6.45, 7) is 3.65. The molecule has 2 unspecified atom stereocenters. The van der Waals surface area contributed by atoms with Gasteiger partial charge in [-0.2, -0.15) is 0 Å². The normalized spacial score (nSPS) is 13.2. The first-order valence-electron chi connectivity index (χ1n) is 8.49. The first-order valence-corrected chi connectivity index (χ1v) is 9.28. The van der Waals surface area contributed by atoms with E-state index in [1.165, 1.54) is 16.8 Å². The van der Waals surface area contributed by atoms with Crippen molar-refractivity contribution in [3.8, 4) is 0 Å². The van der Waals surface area contributed by atoms with Gasteiger partial charge in [0.15, 0.2) is 0 Å². The predicted octanol–water partition coefficient (Wildman–Crippen LogP) is 3.54. The number of aromatic nitrogens is 4. The number of benzene rings is 2. The van der Waals surface area contributed by atoms with Crippen molar-refractivity contribution in [3.63, 3.8) is 0 Å². The highest BCUT2D eigenvalue weighted by molar-refractivity contribution is 9.10. The third-order valence-corrected chi connectivity index (χ3v) is 5.05. The van der Waals surface area contributed by atoms with E-state index in [1.54, 1.807) is 19.1 Å². The predicted molar refractivity (Wildman–Crippen MR) is 102 cm³/mol. The van der Waals surface area contributed by atoms with Crippen molar-refractivity contribution in [1.82, 2.24) is 25.5 Å². The molecule has 0 spiro atoms. The van der Waals surface area contributed by atoms with E-state index < -0.39 is 6.04 Å². The van der Waals surface area contributed by atoms with Gasteiger partial charge in [0, 0.05) is 10.9 Å². The topological polar surface area (TPSA) is 72.7 Å². The van der Waals surface area contributed by atoms with E-state index in [4.69, 9.17) is 0 Å². The number of hydrogen-bond acceptors (Lipinski definition) is 4. The highest BCUT2D eigenvalue weighted by Crippen LogP contribution is 2.24. The van der Waals surface area contributed by atoms with Crippen molar-refractivity contribution in [3.05, 3.63) is 75.8 Å². The second kappa shape index (κ2) is 8.39. The van der Waals surface area contributed by atoms with E-state index in [0.29, 0.717) is 12.2 Å². The minimum Gasteiger partial charge on any atom is -0.348 e. The average Bonchev–Trinajstić information content (AvgIpc) is 3.07. The van der Waals surface area contributed by atoms with Crippen LogP contribution >= 0.6 is 15.9 Å². The molecule has 0 aliphatic rings. The zero-order valence-corrected chi connectivity index (χ0v) is 16.5. The fraction of sp³-hybridized carbons (Fsp3) is 0.263. The van der Waals surface area contributed by atoms with Gasteiger partial charge in [0.25, 0.3) is 0 Å². The number of tetrazole rings is 1. The Bertz CT molecular complexity index is 928. The summed E-state index contributed by atoms with van der Waals surface area (Å²) in [6.07, 6.45) is 0.348. The Kier molecular flexibility index (Phi) is 5.95. The van der Waals surface area contributed by atoms with Gasteiger partial charge in [0.2, 0.25) is 5.91 Å². The summed E-state index contributed by atoms with van der Waals surface area (Å²) < 4.78 is 15.6. The monoisotopic (exact) mass is 431 g/mol. The number of carbonyl (C=O) groups is 1. The van der Waals surface area contributed by atoms with Gasteiger partial charge in [-0.25, -0.2) is 9.07 Å². The maximum Gasteiger partial charge on any atom is 0.245 e. The lowest BCUT2D eigenvalue weighted by molar-refractivity contribution is -0.125. The summed E-state index contributed by atoms with van der Waals surface area (Å²) in [5.74, 6) is 0.00434. The Labute approximate surface area is 164 Å². The molecule has 27 heavy (non-hydrogen) atoms. The molecule has 0 fully saturated rings. The molecule has 1 amide bonds. The van der Waals surface area contributed by atoms with Gasteiger partial charge in [-0.1, -0.05) is 46.3 Å². The molecule has 0 aliphatic heterocycles. The molecule has 2 aromatic carbocycles. The lowest BCUT2D eigenvalue weighted by Crippen LogP contribution is -2.36. The third-order valence-electron chi connectivity index (χ3n) is 4.33. The molecule has 1 N–H and O–H groups in total. The van der Waals surface area contributed by atoms with Crippen LogP contribution in [0.3, 0.4) is 0 Å². The van der Waals surface area contributed by atoms with Crippen molar-refractivity contribution >= 4 is 21.8 Å². The average molecular weight is 432 g/mol. The number of carbonyl (C=O) groups excluding carboxylic acids is 1. The van der Waals surface area contributed by atoms with E-state index in [0.717, 1.165) is 15.6 Å². The summed E-state index contributed by atoms with van der Waals surface area (Å²) in [6, 6.07) is 12.9. The third kappa shape index (κ3) is 4.57. The van der Waals surface area contributed by atoms with Gasteiger partial charge in [-0.3, -0.25) is 4.79 Å². The molecule has 2 atom stereocenters. The number of aryl methyl sites for hydroxylation is 1. The van der Waals surface area contributed by atoms with Crippen LogP contribution in [0, 0.1) is 12.7 Å². The number of nitrogens with zero attached hydrogens (tertiary/aromatic N) is 4. The molecule has 140 valence electrons. The van der Waals surface area contributed by atoms with Crippen LogP contribution in [-0.4, -0.2) is 26.1 Å². The first kappa shape index (κ1) is 19.2.